The Bertz CT molecular complexity index is 1940. The van der Waals surface area contributed by atoms with Crippen LogP contribution in [0.1, 0.15) is 6.42 Å². The molecule has 0 saturated carbocycles. The Balaban J connectivity index is 0.948. The van der Waals surface area contributed by atoms with Crippen LogP contribution in [0, 0.1) is 17.0 Å². The molecule has 2 fully saturated rings. The van der Waals surface area contributed by atoms with Crippen molar-refractivity contribution in [2.45, 2.75) is 6.42 Å². The van der Waals surface area contributed by atoms with Gasteiger partial charge in [0.05, 0.1) is 42.2 Å². The van der Waals surface area contributed by atoms with Crippen LogP contribution in [-0.4, -0.2) is 101 Å². The lowest BCUT2D eigenvalue weighted by Crippen LogP contribution is -2.51. The van der Waals surface area contributed by atoms with Crippen molar-refractivity contribution in [2.75, 3.05) is 69.7 Å². The highest BCUT2D eigenvalue weighted by Crippen LogP contribution is 2.34. The number of benzene rings is 3. The largest absolute Gasteiger partial charge is 0.384 e. The van der Waals surface area contributed by atoms with Crippen LogP contribution in [0.4, 0.5) is 20.2 Å². The number of halogens is 2. The van der Waals surface area contributed by atoms with Crippen LogP contribution in [0.15, 0.2) is 79.1 Å². The Hall–Kier alpha value is -5.27. The minimum Gasteiger partial charge on any atom is -0.384 e. The molecule has 2 saturated heterocycles. The molecule has 1 unspecified atom stereocenters. The topological polar surface area (TPSA) is 120 Å². The van der Waals surface area contributed by atoms with Gasteiger partial charge in [-0.05, 0) is 79.7 Å². The number of carbonyl (C=O) groups is 2. The first-order chi connectivity index (χ1) is 23.8. The maximum atomic E-state index is 13.8. The number of amides is 2. The second-order valence-electron chi connectivity index (χ2n) is 12.6. The van der Waals surface area contributed by atoms with E-state index in [1.807, 2.05) is 52.3 Å². The fraction of sp³-hybridized carbons (Fsp3) is 0.306. The molecule has 2 N–H and O–H groups in total. The van der Waals surface area contributed by atoms with Crippen LogP contribution in [0.25, 0.3) is 33.5 Å². The highest BCUT2D eigenvalue weighted by atomic mass is 19.1. The van der Waals surface area contributed by atoms with Gasteiger partial charge >= 0.3 is 0 Å². The number of piperazine rings is 1. The Labute approximate surface area is 281 Å². The van der Waals surface area contributed by atoms with Gasteiger partial charge < -0.3 is 19.9 Å². The lowest BCUT2D eigenvalue weighted by Gasteiger charge is -2.37. The molecule has 0 radical (unpaired) electrons. The van der Waals surface area contributed by atoms with Crippen LogP contribution in [0.2, 0.25) is 0 Å². The van der Waals surface area contributed by atoms with Gasteiger partial charge in [-0.25, -0.2) is 18.7 Å². The molecule has 7 rings (SSSR count). The third-order valence-electron chi connectivity index (χ3n) is 9.38. The molecule has 4 heterocycles. The summed E-state index contributed by atoms with van der Waals surface area (Å²) in [5.74, 6) is -0.465. The van der Waals surface area contributed by atoms with Crippen LogP contribution < -0.4 is 10.2 Å². The van der Waals surface area contributed by atoms with Gasteiger partial charge in [-0.15, -0.1) is 0 Å². The number of nitrogens with zero attached hydrogens (tertiary/aromatic N) is 6. The van der Waals surface area contributed by atoms with Crippen molar-refractivity contribution >= 4 is 34.1 Å². The zero-order valence-corrected chi connectivity index (χ0v) is 27.0. The van der Waals surface area contributed by atoms with Crippen molar-refractivity contribution in [2.24, 2.45) is 5.41 Å². The van der Waals surface area contributed by atoms with E-state index in [-0.39, 0.29) is 30.8 Å². The third kappa shape index (κ3) is 6.85. The Morgan fingerprint density at radius 3 is 2.33 bits per heavy atom. The van der Waals surface area contributed by atoms with Gasteiger partial charge in [0.2, 0.25) is 11.8 Å². The molecule has 1 atom stereocenters. The molecule has 2 amide bonds. The fourth-order valence-corrected chi connectivity index (χ4v) is 6.71. The van der Waals surface area contributed by atoms with E-state index in [1.54, 1.807) is 19.2 Å². The second-order valence-corrected chi connectivity index (χ2v) is 12.6. The number of aromatic nitrogens is 4. The summed E-state index contributed by atoms with van der Waals surface area (Å²) in [7, 11) is 1.58. The molecule has 2 aromatic heterocycles. The van der Waals surface area contributed by atoms with E-state index in [9.17, 15) is 18.4 Å². The summed E-state index contributed by atoms with van der Waals surface area (Å²) < 4.78 is 32.2. The van der Waals surface area contributed by atoms with E-state index < -0.39 is 11.2 Å². The summed E-state index contributed by atoms with van der Waals surface area (Å²) in [5, 5.41) is 11.3. The van der Waals surface area contributed by atoms with Gasteiger partial charge in [0.25, 0.3) is 0 Å². The van der Waals surface area contributed by atoms with Crippen molar-refractivity contribution in [3.8, 4) is 22.6 Å². The zero-order chi connectivity index (χ0) is 34.0. The zero-order valence-electron chi connectivity index (χ0n) is 27.0. The number of fused-ring (bicyclic) bond motifs is 1. The number of likely N-dealkylation sites (tertiary alicyclic amines) is 1. The van der Waals surface area contributed by atoms with Gasteiger partial charge in [0.1, 0.15) is 5.82 Å². The molecular formula is C36H36F2N8O3. The lowest BCUT2D eigenvalue weighted by molar-refractivity contribution is -0.133. The monoisotopic (exact) mass is 666 g/mol. The molecule has 5 aromatic rings. The van der Waals surface area contributed by atoms with Gasteiger partial charge in [-0.3, -0.25) is 19.6 Å². The summed E-state index contributed by atoms with van der Waals surface area (Å²) in [6.07, 6.45) is 2.86. The molecule has 49 heavy (non-hydrogen) atoms. The quantitative estimate of drug-likeness (QED) is 0.235. The standard InChI is InChI=1S/C36H36F2N8O3/c1-49-23-36(35(48)41-28-8-11-31-30(18-28)33(43-42-31)24-2-6-26(37)7-3-24)12-13-44(22-36)21-32(47)46-16-14-45(15-17-46)29-9-4-25(5-10-29)34-39-19-27(38)20-40-34/h2-11,18-20H,12-17,21-23H2,1H3,(H,41,48)(H,42,43). The number of H-pyrrole nitrogens is 1. The van der Waals surface area contributed by atoms with Gasteiger partial charge in [0, 0.05) is 67.7 Å². The Morgan fingerprint density at radius 1 is 0.898 bits per heavy atom. The first-order valence-corrected chi connectivity index (χ1v) is 16.2. The Kier molecular flexibility index (Phi) is 9.02. The molecule has 3 aromatic carbocycles. The molecule has 0 bridgehead atoms. The van der Waals surface area contributed by atoms with E-state index in [0.717, 1.165) is 40.1 Å². The number of rotatable bonds is 9. The van der Waals surface area contributed by atoms with Crippen LogP contribution >= 0.6 is 0 Å². The normalized spacial score (nSPS) is 18.3. The van der Waals surface area contributed by atoms with Crippen molar-refractivity contribution in [3.05, 3.63) is 90.8 Å². The average Bonchev–Trinajstić information content (AvgIpc) is 3.74. The summed E-state index contributed by atoms with van der Waals surface area (Å²) in [4.78, 5) is 41.4. The highest BCUT2D eigenvalue weighted by molar-refractivity contribution is 6.00. The number of nitrogens with one attached hydrogen (secondary N) is 2. The fourth-order valence-electron chi connectivity index (χ4n) is 6.71. The minimum atomic E-state index is -0.815. The molecule has 0 aliphatic carbocycles. The minimum absolute atomic E-state index is 0.0378. The predicted molar refractivity (Wildman–Crippen MR) is 182 cm³/mol. The first kappa shape index (κ1) is 32.3. The second kappa shape index (κ2) is 13.7. The van der Waals surface area contributed by atoms with Crippen molar-refractivity contribution in [3.63, 3.8) is 0 Å². The smallest absolute Gasteiger partial charge is 0.236 e. The Morgan fingerprint density at radius 2 is 1.61 bits per heavy atom. The van der Waals surface area contributed by atoms with Gasteiger partial charge in [-0.2, -0.15) is 5.10 Å². The number of methoxy groups -OCH3 is 1. The third-order valence-corrected chi connectivity index (χ3v) is 9.38. The van der Waals surface area contributed by atoms with Gasteiger partial charge in [-0.1, -0.05) is 0 Å². The average molecular weight is 667 g/mol. The van der Waals surface area contributed by atoms with E-state index in [0.29, 0.717) is 62.9 Å². The number of ether oxygens (including phenoxy) is 1. The van der Waals surface area contributed by atoms with Crippen molar-refractivity contribution in [1.82, 2.24) is 30.0 Å². The van der Waals surface area contributed by atoms with E-state index in [4.69, 9.17) is 4.74 Å². The number of aromatic amines is 1. The molecule has 0 spiro atoms. The van der Waals surface area contributed by atoms with E-state index in [2.05, 4.69) is 30.4 Å². The molecule has 11 nitrogen and oxygen atoms in total. The lowest BCUT2D eigenvalue weighted by atomic mass is 9.87. The van der Waals surface area contributed by atoms with Crippen molar-refractivity contribution < 1.29 is 23.1 Å². The van der Waals surface area contributed by atoms with Crippen LogP contribution in [-0.2, 0) is 14.3 Å². The van der Waals surface area contributed by atoms with E-state index >= 15 is 0 Å². The maximum absolute atomic E-state index is 13.8. The number of carbonyl (C=O) groups excluding carboxylic acids is 2. The molecule has 252 valence electrons. The summed E-state index contributed by atoms with van der Waals surface area (Å²) >= 11 is 0. The number of anilines is 2. The van der Waals surface area contributed by atoms with Crippen molar-refractivity contribution in [1.29, 1.82) is 0 Å². The summed E-state index contributed by atoms with van der Waals surface area (Å²) in [5.41, 5.74) is 3.86. The molecule has 2 aliphatic heterocycles. The van der Waals surface area contributed by atoms with Gasteiger partial charge in [0.15, 0.2) is 11.6 Å². The first-order valence-electron chi connectivity index (χ1n) is 16.2. The molecule has 2 aliphatic rings. The number of hydrogen-bond donors (Lipinski definition) is 2. The van der Waals surface area contributed by atoms with Crippen LogP contribution in [0.3, 0.4) is 0 Å². The molecular weight excluding hydrogens is 630 g/mol. The van der Waals surface area contributed by atoms with Crippen LogP contribution in [0.5, 0.6) is 0 Å². The highest BCUT2D eigenvalue weighted by Gasteiger charge is 2.45. The maximum Gasteiger partial charge on any atom is 0.236 e. The summed E-state index contributed by atoms with van der Waals surface area (Å²) in [6.45, 7) is 4.02. The predicted octanol–water partition coefficient (Wildman–Crippen LogP) is 4.59. The SMILES string of the molecule is COCC1(C(=O)Nc2ccc3[nH]nc(-c4ccc(F)cc4)c3c2)CCN(CC(=O)N2CCN(c3ccc(-c4ncc(F)cn4)cc3)CC2)C1. The number of hydrogen-bond acceptors (Lipinski definition) is 8. The van der Waals surface area contributed by atoms with E-state index in [1.165, 1.54) is 12.1 Å². The summed E-state index contributed by atoms with van der Waals surface area (Å²) in [6, 6.07) is 19.5. The molecule has 13 heteroatoms.